The number of halogens is 1. The Balaban J connectivity index is 1.75. The maximum Gasteiger partial charge on any atom is 0.327 e. The van der Waals surface area contributed by atoms with E-state index in [9.17, 15) is 19.3 Å². The van der Waals surface area contributed by atoms with E-state index in [1.165, 1.54) is 12.1 Å². The van der Waals surface area contributed by atoms with Gasteiger partial charge in [-0.05, 0) is 31.0 Å². The lowest BCUT2D eigenvalue weighted by Crippen LogP contribution is -2.39. The fourth-order valence-corrected chi connectivity index (χ4v) is 3.26. The molecule has 1 fully saturated rings. The molecule has 0 unspecified atom stereocenters. The Morgan fingerprint density at radius 3 is 2.74 bits per heavy atom. The highest BCUT2D eigenvalue weighted by Gasteiger charge is 2.25. The van der Waals surface area contributed by atoms with E-state index in [-0.39, 0.29) is 24.1 Å². The van der Waals surface area contributed by atoms with E-state index >= 15 is 0 Å². The van der Waals surface area contributed by atoms with Gasteiger partial charge in [0.1, 0.15) is 11.5 Å². The third-order valence-electron chi connectivity index (χ3n) is 4.70. The number of pyridine rings is 1. The second-order valence-corrected chi connectivity index (χ2v) is 6.40. The van der Waals surface area contributed by atoms with Gasteiger partial charge in [0.05, 0.1) is 4.92 Å². The van der Waals surface area contributed by atoms with E-state index in [2.05, 4.69) is 15.2 Å². The number of nitrogens with one attached hydrogen (secondary N) is 1. The largest absolute Gasteiger partial charge is 0.375 e. The average Bonchev–Trinajstić information content (AvgIpc) is 2.66. The Hall–Kier alpha value is -3.23. The first-order valence-corrected chi connectivity index (χ1v) is 8.62. The van der Waals surface area contributed by atoms with E-state index in [0.29, 0.717) is 25.9 Å². The van der Waals surface area contributed by atoms with Gasteiger partial charge in [0, 0.05) is 37.3 Å². The van der Waals surface area contributed by atoms with Crippen LogP contribution in [0.15, 0.2) is 36.5 Å². The first-order valence-electron chi connectivity index (χ1n) is 8.62. The van der Waals surface area contributed by atoms with Crippen molar-refractivity contribution in [3.05, 3.63) is 58.0 Å². The predicted octanol–water partition coefficient (Wildman–Crippen LogP) is 2.44. The number of nitro groups is 1. The minimum atomic E-state index is -0.884. The summed E-state index contributed by atoms with van der Waals surface area (Å²) in [6.45, 7) is 1.55. The molecule has 0 spiro atoms. The highest BCUT2D eigenvalue weighted by atomic mass is 19.1. The fourth-order valence-electron chi connectivity index (χ4n) is 3.26. The highest BCUT2D eigenvalue weighted by molar-refractivity contribution is 5.77. The molecule has 2 aromatic rings. The Morgan fingerprint density at radius 2 is 2.07 bits per heavy atom. The Bertz CT molecular complexity index is 853. The molecule has 1 aromatic carbocycles. The van der Waals surface area contributed by atoms with Crippen LogP contribution in [0.3, 0.4) is 0 Å². The van der Waals surface area contributed by atoms with Crippen LogP contribution in [0, 0.1) is 21.8 Å². The van der Waals surface area contributed by atoms with Crippen LogP contribution in [0.4, 0.5) is 21.6 Å². The van der Waals surface area contributed by atoms with Crippen LogP contribution >= 0.6 is 0 Å². The number of aromatic nitrogens is 1. The van der Waals surface area contributed by atoms with Crippen molar-refractivity contribution in [2.24, 2.45) is 11.7 Å². The summed E-state index contributed by atoms with van der Waals surface area (Å²) in [6.07, 6.45) is 2.99. The minimum Gasteiger partial charge on any atom is -0.375 e. The molecule has 8 nitrogen and oxygen atoms in total. The number of benzene rings is 1. The summed E-state index contributed by atoms with van der Waals surface area (Å²) in [4.78, 5) is 28.2. The van der Waals surface area contributed by atoms with E-state index in [0.717, 1.165) is 17.4 Å². The van der Waals surface area contributed by atoms with Gasteiger partial charge in [0.15, 0.2) is 0 Å². The molecule has 27 heavy (non-hydrogen) atoms. The minimum absolute atomic E-state index is 0.113. The highest BCUT2D eigenvalue weighted by Crippen LogP contribution is 2.29. The van der Waals surface area contributed by atoms with E-state index in [1.54, 1.807) is 12.3 Å². The standard InChI is InChI=1S/C18H20FN5O3/c19-14-4-1-5-15(16(14)24(26)27)22-11-13-3-2-8-21-18(13)23-9-6-12(7-10-23)17(20)25/h1-5,8,12,22H,6-7,9-11H2,(H2,20,25). The molecular weight excluding hydrogens is 353 g/mol. The van der Waals surface area contributed by atoms with Gasteiger partial charge >= 0.3 is 5.69 Å². The third-order valence-corrected chi connectivity index (χ3v) is 4.70. The van der Waals surface area contributed by atoms with Crippen LogP contribution in [0.1, 0.15) is 18.4 Å². The fraction of sp³-hybridized carbons (Fsp3) is 0.333. The summed E-state index contributed by atoms with van der Waals surface area (Å²) in [7, 11) is 0. The lowest BCUT2D eigenvalue weighted by Gasteiger charge is -2.32. The topological polar surface area (TPSA) is 114 Å². The second-order valence-electron chi connectivity index (χ2n) is 6.40. The van der Waals surface area contributed by atoms with Crippen molar-refractivity contribution >= 4 is 23.1 Å². The molecule has 0 bridgehead atoms. The Kier molecular flexibility index (Phi) is 5.49. The number of carbonyl (C=O) groups excluding carboxylic acids is 1. The first-order chi connectivity index (χ1) is 13.0. The zero-order valence-corrected chi connectivity index (χ0v) is 14.6. The van der Waals surface area contributed by atoms with Gasteiger partial charge in [-0.1, -0.05) is 12.1 Å². The number of amides is 1. The van der Waals surface area contributed by atoms with Gasteiger partial charge in [-0.2, -0.15) is 4.39 Å². The van der Waals surface area contributed by atoms with E-state index < -0.39 is 16.4 Å². The van der Waals surface area contributed by atoms with Crippen molar-refractivity contribution < 1.29 is 14.1 Å². The molecule has 1 aliphatic heterocycles. The number of rotatable bonds is 6. The van der Waals surface area contributed by atoms with Gasteiger partial charge in [0.25, 0.3) is 0 Å². The quantitative estimate of drug-likeness (QED) is 0.594. The maximum absolute atomic E-state index is 13.8. The molecule has 142 valence electrons. The monoisotopic (exact) mass is 373 g/mol. The molecule has 1 aliphatic rings. The van der Waals surface area contributed by atoms with Crippen molar-refractivity contribution in [3.63, 3.8) is 0 Å². The molecule has 9 heteroatoms. The lowest BCUT2D eigenvalue weighted by atomic mass is 9.96. The maximum atomic E-state index is 13.8. The van der Waals surface area contributed by atoms with E-state index in [1.807, 2.05) is 6.07 Å². The van der Waals surface area contributed by atoms with Crippen molar-refractivity contribution in [2.45, 2.75) is 19.4 Å². The van der Waals surface area contributed by atoms with Crippen molar-refractivity contribution in [3.8, 4) is 0 Å². The molecule has 1 amide bonds. The number of para-hydroxylation sites is 1. The second kappa shape index (κ2) is 7.98. The van der Waals surface area contributed by atoms with Gasteiger partial charge in [-0.15, -0.1) is 0 Å². The van der Waals surface area contributed by atoms with Gasteiger partial charge in [0.2, 0.25) is 11.7 Å². The Labute approximate surface area is 155 Å². The number of nitrogens with zero attached hydrogens (tertiary/aromatic N) is 3. The summed E-state index contributed by atoms with van der Waals surface area (Å²) in [6, 6.07) is 7.58. The number of nitro benzene ring substituents is 1. The molecule has 3 N–H and O–H groups in total. The lowest BCUT2D eigenvalue weighted by molar-refractivity contribution is -0.386. The number of hydrogen-bond donors (Lipinski definition) is 2. The predicted molar refractivity (Wildman–Crippen MR) is 98.7 cm³/mol. The molecule has 1 aromatic heterocycles. The molecule has 0 atom stereocenters. The van der Waals surface area contributed by atoms with Crippen molar-refractivity contribution in [1.29, 1.82) is 0 Å². The van der Waals surface area contributed by atoms with Crippen LogP contribution < -0.4 is 16.0 Å². The molecular formula is C18H20FN5O3. The Morgan fingerprint density at radius 1 is 1.33 bits per heavy atom. The zero-order chi connectivity index (χ0) is 19.4. The van der Waals surface area contributed by atoms with Crippen LogP contribution in [0.2, 0.25) is 0 Å². The SMILES string of the molecule is NC(=O)C1CCN(c2ncccc2CNc2cccc(F)c2[N+](=O)[O-])CC1. The number of nitrogens with two attached hydrogens (primary N) is 1. The van der Waals surface area contributed by atoms with E-state index in [4.69, 9.17) is 5.73 Å². The number of primary amides is 1. The molecule has 0 radical (unpaired) electrons. The number of carbonyl (C=O) groups is 1. The van der Waals surface area contributed by atoms with Gasteiger partial charge in [-0.3, -0.25) is 14.9 Å². The average molecular weight is 373 g/mol. The summed E-state index contributed by atoms with van der Waals surface area (Å²) in [5.41, 5.74) is 5.74. The molecule has 2 heterocycles. The van der Waals surface area contributed by atoms with Crippen molar-refractivity contribution in [1.82, 2.24) is 4.98 Å². The van der Waals surface area contributed by atoms with Gasteiger partial charge in [-0.25, -0.2) is 4.98 Å². The van der Waals surface area contributed by atoms with Crippen LogP contribution in [-0.2, 0) is 11.3 Å². The summed E-state index contributed by atoms with van der Waals surface area (Å²) >= 11 is 0. The molecule has 1 saturated heterocycles. The van der Waals surface area contributed by atoms with Crippen LogP contribution in [0.5, 0.6) is 0 Å². The van der Waals surface area contributed by atoms with Crippen LogP contribution in [0.25, 0.3) is 0 Å². The van der Waals surface area contributed by atoms with Crippen molar-refractivity contribution in [2.75, 3.05) is 23.3 Å². The summed E-state index contributed by atoms with van der Waals surface area (Å²) < 4.78 is 13.8. The molecule has 0 aliphatic carbocycles. The smallest absolute Gasteiger partial charge is 0.327 e. The van der Waals surface area contributed by atoms with Crippen LogP contribution in [-0.4, -0.2) is 28.9 Å². The summed E-state index contributed by atoms with van der Waals surface area (Å²) in [5, 5.41) is 14.1. The van der Waals surface area contributed by atoms with Gasteiger partial charge < -0.3 is 16.0 Å². The number of anilines is 2. The number of piperidine rings is 1. The zero-order valence-electron chi connectivity index (χ0n) is 14.6. The number of hydrogen-bond acceptors (Lipinski definition) is 6. The third kappa shape index (κ3) is 4.13. The summed E-state index contributed by atoms with van der Waals surface area (Å²) in [5.74, 6) is -0.547. The first kappa shape index (κ1) is 18.6. The molecule has 0 saturated carbocycles. The normalized spacial score (nSPS) is 14.8. The molecule has 3 rings (SSSR count).